The summed E-state index contributed by atoms with van der Waals surface area (Å²) in [6.45, 7) is 0.969. The summed E-state index contributed by atoms with van der Waals surface area (Å²) in [5.74, 6) is 0.502. The minimum Gasteiger partial charge on any atom is -0.491 e. The molecule has 7 heteroatoms. The lowest BCUT2D eigenvalue weighted by molar-refractivity contribution is 0.0957. The summed E-state index contributed by atoms with van der Waals surface area (Å²) < 4.78 is 7.52. The maximum atomic E-state index is 12.1. The molecule has 7 nitrogen and oxygen atoms in total. The van der Waals surface area contributed by atoms with E-state index in [2.05, 4.69) is 26.4 Å². The second-order valence-corrected chi connectivity index (χ2v) is 6.54. The van der Waals surface area contributed by atoms with Crippen molar-refractivity contribution in [1.29, 1.82) is 0 Å². The van der Waals surface area contributed by atoms with Crippen molar-refractivity contribution >= 4 is 16.9 Å². The molecule has 2 N–H and O–H groups in total. The fourth-order valence-electron chi connectivity index (χ4n) is 3.39. The fraction of sp³-hybridized carbons (Fsp3) is 0.150. The molecular formula is C20H17N5O2. The third kappa shape index (κ3) is 2.64. The molecule has 0 atom stereocenters. The quantitative estimate of drug-likeness (QED) is 0.576. The van der Waals surface area contributed by atoms with Crippen molar-refractivity contribution in [1.82, 2.24) is 25.1 Å². The third-order valence-electron chi connectivity index (χ3n) is 4.75. The molecule has 0 spiro atoms. The number of aromatic amines is 1. The molecule has 0 aliphatic carbocycles. The van der Waals surface area contributed by atoms with Crippen LogP contribution in [0.25, 0.3) is 33.3 Å². The Morgan fingerprint density at radius 1 is 1.11 bits per heavy atom. The van der Waals surface area contributed by atoms with E-state index in [0.717, 1.165) is 33.3 Å². The molecule has 1 amide bonds. The predicted molar refractivity (Wildman–Crippen MR) is 102 cm³/mol. The Morgan fingerprint density at radius 3 is 2.89 bits per heavy atom. The number of ether oxygens (including phenoxy) is 1. The molecular weight excluding hydrogens is 342 g/mol. The van der Waals surface area contributed by atoms with Gasteiger partial charge in [0.25, 0.3) is 5.91 Å². The molecule has 3 aromatic heterocycles. The second-order valence-electron chi connectivity index (χ2n) is 6.54. The number of nitrogens with one attached hydrogen (secondary N) is 2. The topological polar surface area (TPSA) is 84.8 Å². The van der Waals surface area contributed by atoms with Crippen LogP contribution >= 0.6 is 0 Å². The zero-order valence-corrected chi connectivity index (χ0v) is 14.7. The van der Waals surface area contributed by atoms with Gasteiger partial charge in [-0.25, -0.2) is 4.98 Å². The van der Waals surface area contributed by atoms with Gasteiger partial charge in [-0.3, -0.25) is 9.48 Å². The molecule has 0 saturated carbocycles. The Morgan fingerprint density at radius 2 is 2.04 bits per heavy atom. The van der Waals surface area contributed by atoms with Gasteiger partial charge >= 0.3 is 0 Å². The molecule has 4 aromatic rings. The molecule has 27 heavy (non-hydrogen) atoms. The highest BCUT2D eigenvalue weighted by atomic mass is 16.5. The van der Waals surface area contributed by atoms with E-state index in [-0.39, 0.29) is 5.91 Å². The molecule has 4 heterocycles. The molecule has 0 bridgehead atoms. The number of H-pyrrole nitrogens is 1. The van der Waals surface area contributed by atoms with Gasteiger partial charge in [-0.15, -0.1) is 0 Å². The first-order valence-electron chi connectivity index (χ1n) is 8.70. The Balaban J connectivity index is 1.63. The van der Waals surface area contributed by atoms with E-state index in [1.54, 1.807) is 4.68 Å². The molecule has 1 aromatic carbocycles. The summed E-state index contributed by atoms with van der Waals surface area (Å²) in [6.07, 6.45) is 7.56. The lowest BCUT2D eigenvalue weighted by atomic mass is 10.0. The van der Waals surface area contributed by atoms with Crippen molar-refractivity contribution < 1.29 is 9.53 Å². The number of carbonyl (C=O) groups is 1. The van der Waals surface area contributed by atoms with Gasteiger partial charge in [0.15, 0.2) is 0 Å². The van der Waals surface area contributed by atoms with Crippen LogP contribution in [0.4, 0.5) is 0 Å². The minimum absolute atomic E-state index is 0.103. The third-order valence-corrected chi connectivity index (χ3v) is 4.75. The van der Waals surface area contributed by atoms with Gasteiger partial charge in [-0.05, 0) is 23.8 Å². The Labute approximate surface area is 155 Å². The number of benzene rings is 1. The van der Waals surface area contributed by atoms with Gasteiger partial charge in [0.05, 0.1) is 18.3 Å². The van der Waals surface area contributed by atoms with Gasteiger partial charge in [-0.1, -0.05) is 6.07 Å². The number of carbonyl (C=O) groups excluding carboxylic acids is 1. The molecule has 1 aliphatic heterocycles. The smallest absolute Gasteiger partial charge is 0.255 e. The zero-order valence-electron chi connectivity index (χ0n) is 14.7. The highest BCUT2D eigenvalue weighted by molar-refractivity contribution is 6.00. The van der Waals surface area contributed by atoms with E-state index in [1.165, 1.54) is 0 Å². The number of hydrogen-bond acceptors (Lipinski definition) is 4. The second kappa shape index (κ2) is 5.98. The van der Waals surface area contributed by atoms with E-state index in [9.17, 15) is 4.79 Å². The number of pyridine rings is 1. The molecule has 0 unspecified atom stereocenters. The zero-order chi connectivity index (χ0) is 18.4. The van der Waals surface area contributed by atoms with Crippen LogP contribution in [0.3, 0.4) is 0 Å². The maximum absolute atomic E-state index is 12.1. The van der Waals surface area contributed by atoms with Crippen molar-refractivity contribution in [2.45, 2.75) is 0 Å². The maximum Gasteiger partial charge on any atom is 0.255 e. The first kappa shape index (κ1) is 15.6. The van der Waals surface area contributed by atoms with Crippen LogP contribution in [-0.2, 0) is 7.05 Å². The van der Waals surface area contributed by atoms with Gasteiger partial charge in [0.1, 0.15) is 18.0 Å². The summed E-state index contributed by atoms with van der Waals surface area (Å²) in [5, 5.41) is 8.07. The van der Waals surface area contributed by atoms with Crippen LogP contribution in [0, 0.1) is 0 Å². The Hall–Kier alpha value is -3.61. The molecule has 134 valence electrons. The lowest BCUT2D eigenvalue weighted by Crippen LogP contribution is -2.24. The highest BCUT2D eigenvalue weighted by Crippen LogP contribution is 2.34. The predicted octanol–water partition coefficient (Wildman–Crippen LogP) is 2.75. The van der Waals surface area contributed by atoms with Crippen molar-refractivity contribution in [3.05, 3.63) is 54.6 Å². The summed E-state index contributed by atoms with van der Waals surface area (Å²) in [4.78, 5) is 19.9. The molecule has 0 saturated heterocycles. The number of aryl methyl sites for hydroxylation is 1. The van der Waals surface area contributed by atoms with Crippen LogP contribution < -0.4 is 10.1 Å². The Kier molecular flexibility index (Phi) is 3.46. The van der Waals surface area contributed by atoms with Gasteiger partial charge in [0, 0.05) is 47.7 Å². The highest BCUT2D eigenvalue weighted by Gasteiger charge is 2.18. The summed E-state index contributed by atoms with van der Waals surface area (Å²) in [6, 6.07) is 7.76. The normalized spacial score (nSPS) is 13.7. The van der Waals surface area contributed by atoms with Crippen LogP contribution in [0.15, 0.2) is 49.1 Å². The number of hydrogen-bond donors (Lipinski definition) is 2. The Bertz CT molecular complexity index is 1170. The first-order valence-corrected chi connectivity index (χ1v) is 8.70. The van der Waals surface area contributed by atoms with Crippen LogP contribution in [0.2, 0.25) is 0 Å². The lowest BCUT2D eigenvalue weighted by Gasteiger charge is -2.08. The van der Waals surface area contributed by atoms with Crippen LogP contribution in [0.5, 0.6) is 5.75 Å². The van der Waals surface area contributed by atoms with Crippen molar-refractivity contribution in [2.75, 3.05) is 13.2 Å². The number of amides is 1. The van der Waals surface area contributed by atoms with E-state index in [1.807, 2.05) is 50.0 Å². The van der Waals surface area contributed by atoms with E-state index >= 15 is 0 Å². The summed E-state index contributed by atoms with van der Waals surface area (Å²) >= 11 is 0. The van der Waals surface area contributed by atoms with E-state index in [0.29, 0.717) is 24.5 Å². The standard InChI is InChI=1S/C20H17N5O2/c1-25-11-14(9-24-25)13-6-16-17(10-23-19(16)22-8-13)12-2-3-15-18(7-12)27-5-4-21-20(15)26/h2-3,6-11H,4-5H2,1H3,(H,21,26)(H,22,23). The number of aromatic nitrogens is 4. The average molecular weight is 359 g/mol. The van der Waals surface area contributed by atoms with Crippen molar-refractivity contribution in [3.8, 4) is 28.0 Å². The largest absolute Gasteiger partial charge is 0.491 e. The monoisotopic (exact) mass is 359 g/mol. The van der Waals surface area contributed by atoms with Crippen molar-refractivity contribution in [3.63, 3.8) is 0 Å². The van der Waals surface area contributed by atoms with E-state index < -0.39 is 0 Å². The fourth-order valence-corrected chi connectivity index (χ4v) is 3.39. The van der Waals surface area contributed by atoms with Gasteiger partial charge < -0.3 is 15.0 Å². The number of fused-ring (bicyclic) bond motifs is 2. The average Bonchev–Trinajstić information content (AvgIpc) is 3.25. The van der Waals surface area contributed by atoms with Crippen LogP contribution in [0.1, 0.15) is 10.4 Å². The number of nitrogens with zero attached hydrogens (tertiary/aromatic N) is 3. The molecule has 5 rings (SSSR count). The molecule has 1 aliphatic rings. The molecule has 0 fully saturated rings. The summed E-state index contributed by atoms with van der Waals surface area (Å²) in [5.41, 5.74) is 5.37. The summed E-state index contributed by atoms with van der Waals surface area (Å²) in [7, 11) is 1.89. The number of rotatable bonds is 2. The van der Waals surface area contributed by atoms with Crippen molar-refractivity contribution in [2.24, 2.45) is 7.05 Å². The molecule has 0 radical (unpaired) electrons. The van der Waals surface area contributed by atoms with E-state index in [4.69, 9.17) is 4.74 Å². The minimum atomic E-state index is -0.103. The SMILES string of the molecule is Cn1cc(-c2cnc3[nH]cc(-c4ccc5c(c4)OCCNC5=O)c3c2)cn1. The first-order chi connectivity index (χ1) is 13.2. The van der Waals surface area contributed by atoms with Crippen LogP contribution in [-0.4, -0.2) is 38.8 Å². The van der Waals surface area contributed by atoms with Gasteiger partial charge in [-0.2, -0.15) is 5.10 Å². The van der Waals surface area contributed by atoms with Gasteiger partial charge in [0.2, 0.25) is 0 Å².